The summed E-state index contributed by atoms with van der Waals surface area (Å²) in [5, 5.41) is 13.5. The van der Waals surface area contributed by atoms with Gasteiger partial charge in [0.05, 0.1) is 18.8 Å². The van der Waals surface area contributed by atoms with Gasteiger partial charge in [-0.3, -0.25) is 4.90 Å². The number of hydrogen-bond donors (Lipinski definition) is 2. The van der Waals surface area contributed by atoms with Crippen molar-refractivity contribution in [3.8, 4) is 0 Å². The van der Waals surface area contributed by atoms with Crippen LogP contribution in [0.3, 0.4) is 0 Å². The van der Waals surface area contributed by atoms with E-state index in [0.717, 1.165) is 18.7 Å². The Balaban J connectivity index is 2.94. The SMILES string of the molecule is CCNC(CO)(CN(C)C(C)COC)c1ccccc1. The molecule has 0 aliphatic rings. The molecule has 0 aromatic heterocycles. The highest BCUT2D eigenvalue weighted by molar-refractivity contribution is 5.25. The summed E-state index contributed by atoms with van der Waals surface area (Å²) in [5.41, 5.74) is 0.674. The van der Waals surface area contributed by atoms with E-state index >= 15 is 0 Å². The number of aliphatic hydroxyl groups excluding tert-OH is 1. The van der Waals surface area contributed by atoms with Crippen LogP contribution in [0.5, 0.6) is 0 Å². The summed E-state index contributed by atoms with van der Waals surface area (Å²) in [4.78, 5) is 2.22. The number of rotatable bonds is 9. The second-order valence-electron chi connectivity index (χ2n) is 5.36. The smallest absolute Gasteiger partial charge is 0.0797 e. The standard InChI is InChI=1S/C16H28N2O2/c1-5-17-16(13-19,15-9-7-6-8-10-15)12-18(3)14(2)11-20-4/h6-10,14,17,19H,5,11-13H2,1-4H3. The predicted molar refractivity (Wildman–Crippen MR) is 82.9 cm³/mol. The van der Waals surface area contributed by atoms with E-state index in [1.165, 1.54) is 0 Å². The van der Waals surface area contributed by atoms with Crippen LogP contribution >= 0.6 is 0 Å². The number of benzene rings is 1. The highest BCUT2D eigenvalue weighted by Gasteiger charge is 2.32. The van der Waals surface area contributed by atoms with Crippen molar-refractivity contribution in [3.63, 3.8) is 0 Å². The summed E-state index contributed by atoms with van der Waals surface area (Å²) in [6, 6.07) is 10.4. The van der Waals surface area contributed by atoms with Crippen molar-refractivity contribution in [3.05, 3.63) is 35.9 Å². The molecule has 2 unspecified atom stereocenters. The maximum absolute atomic E-state index is 10.0. The van der Waals surface area contributed by atoms with Gasteiger partial charge in [0.2, 0.25) is 0 Å². The van der Waals surface area contributed by atoms with E-state index in [0.29, 0.717) is 12.6 Å². The molecule has 4 nitrogen and oxygen atoms in total. The lowest BCUT2D eigenvalue weighted by Gasteiger charge is -2.39. The van der Waals surface area contributed by atoms with Gasteiger partial charge >= 0.3 is 0 Å². The Morgan fingerprint density at radius 3 is 2.50 bits per heavy atom. The molecular weight excluding hydrogens is 252 g/mol. The minimum Gasteiger partial charge on any atom is -0.394 e. The summed E-state index contributed by atoms with van der Waals surface area (Å²) in [6.07, 6.45) is 0. The van der Waals surface area contributed by atoms with Gasteiger partial charge in [-0.25, -0.2) is 0 Å². The molecular formula is C16H28N2O2. The van der Waals surface area contributed by atoms with Crippen molar-refractivity contribution in [2.24, 2.45) is 0 Å². The van der Waals surface area contributed by atoms with Crippen LogP contribution < -0.4 is 5.32 Å². The van der Waals surface area contributed by atoms with Gasteiger partial charge in [-0.2, -0.15) is 0 Å². The fraction of sp³-hybridized carbons (Fsp3) is 0.625. The van der Waals surface area contributed by atoms with Crippen LogP contribution in [0, 0.1) is 0 Å². The molecule has 2 atom stereocenters. The maximum Gasteiger partial charge on any atom is 0.0797 e. The molecule has 0 amide bonds. The summed E-state index contributed by atoms with van der Waals surface area (Å²) >= 11 is 0. The number of hydrogen-bond acceptors (Lipinski definition) is 4. The molecule has 0 heterocycles. The van der Waals surface area contributed by atoms with Gasteiger partial charge in [-0.15, -0.1) is 0 Å². The van der Waals surface area contributed by atoms with Crippen molar-refractivity contribution < 1.29 is 9.84 Å². The lowest BCUT2D eigenvalue weighted by molar-refractivity contribution is 0.0690. The summed E-state index contributed by atoms with van der Waals surface area (Å²) in [6.45, 7) is 6.47. The molecule has 0 bridgehead atoms. The molecule has 0 saturated carbocycles. The van der Waals surface area contributed by atoms with E-state index in [1.54, 1.807) is 7.11 Å². The summed E-state index contributed by atoms with van der Waals surface area (Å²) in [5.74, 6) is 0. The number of nitrogens with one attached hydrogen (secondary N) is 1. The highest BCUT2D eigenvalue weighted by atomic mass is 16.5. The van der Waals surface area contributed by atoms with Gasteiger partial charge in [0.25, 0.3) is 0 Å². The van der Waals surface area contributed by atoms with Crippen molar-refractivity contribution in [1.29, 1.82) is 0 Å². The first-order valence-electron chi connectivity index (χ1n) is 7.20. The van der Waals surface area contributed by atoms with Gasteiger partial charge in [0.1, 0.15) is 0 Å². The highest BCUT2D eigenvalue weighted by Crippen LogP contribution is 2.22. The molecule has 0 fully saturated rings. The maximum atomic E-state index is 10.0. The lowest BCUT2D eigenvalue weighted by atomic mass is 9.89. The monoisotopic (exact) mass is 280 g/mol. The van der Waals surface area contributed by atoms with Gasteiger partial charge in [-0.1, -0.05) is 37.3 Å². The fourth-order valence-electron chi connectivity index (χ4n) is 2.49. The Labute approximate surface area is 122 Å². The van der Waals surface area contributed by atoms with Crippen LogP contribution in [-0.2, 0) is 10.3 Å². The van der Waals surface area contributed by atoms with Crippen molar-refractivity contribution in [1.82, 2.24) is 10.2 Å². The first kappa shape index (κ1) is 17.1. The molecule has 4 heteroatoms. The molecule has 0 radical (unpaired) electrons. The average Bonchev–Trinajstić information content (AvgIpc) is 2.47. The Hall–Kier alpha value is -0.940. The second-order valence-corrected chi connectivity index (χ2v) is 5.36. The number of likely N-dealkylation sites (N-methyl/N-ethyl adjacent to an activating group) is 2. The molecule has 1 rings (SSSR count). The first-order valence-corrected chi connectivity index (χ1v) is 7.20. The Bertz CT molecular complexity index is 372. The zero-order valence-corrected chi connectivity index (χ0v) is 13.1. The Morgan fingerprint density at radius 1 is 1.35 bits per heavy atom. The number of nitrogens with zero attached hydrogens (tertiary/aromatic N) is 1. The molecule has 0 saturated heterocycles. The van der Waals surface area contributed by atoms with E-state index in [-0.39, 0.29) is 6.61 Å². The Kier molecular flexibility index (Phi) is 7.16. The average molecular weight is 280 g/mol. The molecule has 0 aliphatic heterocycles. The van der Waals surface area contributed by atoms with E-state index in [2.05, 4.69) is 43.2 Å². The van der Waals surface area contributed by atoms with Gasteiger partial charge in [0.15, 0.2) is 0 Å². The molecule has 2 N–H and O–H groups in total. The quantitative estimate of drug-likeness (QED) is 0.719. The minimum absolute atomic E-state index is 0.0644. The second kappa shape index (κ2) is 8.37. The van der Waals surface area contributed by atoms with Crippen molar-refractivity contribution in [2.45, 2.75) is 25.4 Å². The van der Waals surface area contributed by atoms with Crippen molar-refractivity contribution >= 4 is 0 Å². The molecule has 0 aliphatic carbocycles. The van der Waals surface area contributed by atoms with Crippen LogP contribution in [0.15, 0.2) is 30.3 Å². The van der Waals surface area contributed by atoms with Crippen LogP contribution in [0.1, 0.15) is 19.4 Å². The fourth-order valence-corrected chi connectivity index (χ4v) is 2.49. The van der Waals surface area contributed by atoms with E-state index in [1.807, 2.05) is 18.2 Å². The van der Waals surface area contributed by atoms with Crippen molar-refractivity contribution in [2.75, 3.05) is 40.5 Å². The van der Waals surface area contributed by atoms with E-state index < -0.39 is 5.54 Å². The third kappa shape index (κ3) is 4.28. The van der Waals surface area contributed by atoms with Crippen LogP contribution in [0.2, 0.25) is 0 Å². The topological polar surface area (TPSA) is 44.7 Å². The first-order chi connectivity index (χ1) is 9.59. The summed E-state index contributed by atoms with van der Waals surface area (Å²) < 4.78 is 5.21. The van der Waals surface area contributed by atoms with E-state index in [9.17, 15) is 5.11 Å². The normalized spacial score (nSPS) is 16.1. The minimum atomic E-state index is -0.438. The molecule has 114 valence electrons. The molecule has 20 heavy (non-hydrogen) atoms. The molecule has 0 spiro atoms. The van der Waals surface area contributed by atoms with Crippen LogP contribution in [0.4, 0.5) is 0 Å². The molecule has 1 aromatic carbocycles. The third-order valence-electron chi connectivity index (χ3n) is 3.79. The number of ether oxygens (including phenoxy) is 1. The summed E-state index contributed by atoms with van der Waals surface area (Å²) in [7, 11) is 3.78. The van der Waals surface area contributed by atoms with Gasteiger partial charge < -0.3 is 15.2 Å². The van der Waals surface area contributed by atoms with E-state index in [4.69, 9.17) is 4.74 Å². The predicted octanol–water partition coefficient (Wildman–Crippen LogP) is 1.45. The zero-order chi connectivity index (χ0) is 15.0. The van der Waals surface area contributed by atoms with Gasteiger partial charge in [0, 0.05) is 19.7 Å². The van der Waals surface area contributed by atoms with Gasteiger partial charge in [-0.05, 0) is 26.1 Å². The van der Waals surface area contributed by atoms with Crippen LogP contribution in [0.25, 0.3) is 0 Å². The van der Waals surface area contributed by atoms with Crippen LogP contribution in [-0.4, -0.2) is 56.5 Å². The lowest BCUT2D eigenvalue weighted by Crippen LogP contribution is -2.54. The molecule has 1 aromatic rings. The largest absolute Gasteiger partial charge is 0.394 e. The number of aliphatic hydroxyl groups is 1. The third-order valence-corrected chi connectivity index (χ3v) is 3.79. The zero-order valence-electron chi connectivity index (χ0n) is 13.1. The number of methoxy groups -OCH3 is 1. The Morgan fingerprint density at radius 2 is 2.00 bits per heavy atom.